The van der Waals surface area contributed by atoms with Gasteiger partial charge in [0.2, 0.25) is 0 Å². The highest BCUT2D eigenvalue weighted by Gasteiger charge is 2.19. The minimum absolute atomic E-state index is 0. The first kappa shape index (κ1) is 13.6. The fourth-order valence-electron chi connectivity index (χ4n) is 2.75. The summed E-state index contributed by atoms with van der Waals surface area (Å²) in [6.45, 7) is 1.04. The van der Waals surface area contributed by atoms with Crippen molar-refractivity contribution in [3.63, 3.8) is 0 Å². The summed E-state index contributed by atoms with van der Waals surface area (Å²) in [5, 5.41) is 8.90. The van der Waals surface area contributed by atoms with Gasteiger partial charge in [-0.15, -0.1) is 12.4 Å². The summed E-state index contributed by atoms with van der Waals surface area (Å²) in [5.41, 5.74) is 3.54. The van der Waals surface area contributed by atoms with Crippen LogP contribution >= 0.6 is 12.4 Å². The van der Waals surface area contributed by atoms with E-state index in [-0.39, 0.29) is 12.4 Å². The van der Waals surface area contributed by atoms with E-state index in [0.717, 1.165) is 24.9 Å². The van der Waals surface area contributed by atoms with Crippen LogP contribution in [0.25, 0.3) is 0 Å². The summed E-state index contributed by atoms with van der Waals surface area (Å²) in [4.78, 5) is 4.08. The third kappa shape index (κ3) is 2.97. The van der Waals surface area contributed by atoms with E-state index >= 15 is 0 Å². The van der Waals surface area contributed by atoms with Gasteiger partial charge in [0.05, 0.1) is 18.0 Å². The summed E-state index contributed by atoms with van der Waals surface area (Å²) in [6, 6.07) is 8.30. The van der Waals surface area contributed by atoms with Gasteiger partial charge in [-0.1, -0.05) is 6.07 Å². The van der Waals surface area contributed by atoms with Crippen molar-refractivity contribution < 1.29 is 0 Å². The van der Waals surface area contributed by atoms with E-state index in [9.17, 15) is 0 Å². The van der Waals surface area contributed by atoms with Gasteiger partial charge >= 0.3 is 0 Å². The zero-order valence-electron chi connectivity index (χ0n) is 10.6. The first-order valence-corrected chi connectivity index (χ1v) is 6.33. The zero-order chi connectivity index (χ0) is 12.4. The maximum atomic E-state index is 8.90. The quantitative estimate of drug-likeness (QED) is 0.844. The molecule has 0 fully saturated rings. The molecule has 1 aromatic carbocycles. The lowest BCUT2D eigenvalue weighted by Gasteiger charge is -2.25. The molecule has 3 rings (SSSR count). The Morgan fingerprint density at radius 3 is 3.00 bits per heavy atom. The number of nitriles is 1. The zero-order valence-corrected chi connectivity index (χ0v) is 11.4. The summed E-state index contributed by atoms with van der Waals surface area (Å²) >= 11 is 0. The van der Waals surface area contributed by atoms with Gasteiger partial charge in [-0.2, -0.15) is 5.26 Å². The first-order chi connectivity index (χ1) is 8.85. The van der Waals surface area contributed by atoms with Gasteiger partial charge in [-0.25, -0.2) is 4.98 Å². The molecule has 19 heavy (non-hydrogen) atoms. The highest BCUT2D eigenvalue weighted by atomic mass is 35.5. The molecule has 1 heterocycles. The molecule has 4 heteroatoms. The van der Waals surface area contributed by atoms with Gasteiger partial charge < -0.3 is 4.57 Å². The summed E-state index contributed by atoms with van der Waals surface area (Å²) in [5.74, 6) is 0.680. The lowest BCUT2D eigenvalue weighted by Crippen LogP contribution is -2.19. The van der Waals surface area contributed by atoms with E-state index in [2.05, 4.69) is 21.7 Å². The maximum Gasteiger partial charge on any atom is 0.0991 e. The molecule has 0 bridgehead atoms. The molecule has 0 amide bonds. The molecule has 0 aliphatic heterocycles. The van der Waals surface area contributed by atoms with Gasteiger partial charge in [0.15, 0.2) is 0 Å². The molecule has 2 aromatic rings. The SMILES string of the molecule is Cl.N#Cc1ccc2c(c1)CCC(Cn1ccnc1)C2. The Morgan fingerprint density at radius 1 is 1.37 bits per heavy atom. The third-order valence-corrected chi connectivity index (χ3v) is 3.69. The van der Waals surface area contributed by atoms with Crippen LogP contribution in [0.5, 0.6) is 0 Å². The first-order valence-electron chi connectivity index (χ1n) is 6.33. The van der Waals surface area contributed by atoms with E-state index < -0.39 is 0 Å². The van der Waals surface area contributed by atoms with Crippen LogP contribution in [0.4, 0.5) is 0 Å². The molecule has 0 spiro atoms. The lowest BCUT2D eigenvalue weighted by molar-refractivity contribution is 0.395. The fourth-order valence-corrected chi connectivity index (χ4v) is 2.75. The predicted octanol–water partition coefficient (Wildman–Crippen LogP) is 2.98. The van der Waals surface area contributed by atoms with Crippen LogP contribution in [0.2, 0.25) is 0 Å². The average molecular weight is 274 g/mol. The normalized spacial score (nSPS) is 17.1. The molecular formula is C15H16ClN3. The molecule has 98 valence electrons. The van der Waals surface area contributed by atoms with Crippen molar-refractivity contribution in [2.24, 2.45) is 5.92 Å². The van der Waals surface area contributed by atoms with E-state index in [1.807, 2.05) is 30.9 Å². The second kappa shape index (κ2) is 5.90. The van der Waals surface area contributed by atoms with E-state index in [4.69, 9.17) is 5.26 Å². The number of imidazole rings is 1. The Hall–Kier alpha value is -1.79. The fraction of sp³-hybridized carbons (Fsp3) is 0.333. The summed E-state index contributed by atoms with van der Waals surface area (Å²) in [6.07, 6.45) is 9.13. The largest absolute Gasteiger partial charge is 0.337 e. The topological polar surface area (TPSA) is 41.6 Å². The van der Waals surface area contributed by atoms with Gasteiger partial charge in [0.25, 0.3) is 0 Å². The molecule has 0 N–H and O–H groups in total. The Bertz CT molecular complexity index is 584. The van der Waals surface area contributed by atoms with Crippen LogP contribution in [0.3, 0.4) is 0 Å². The van der Waals surface area contributed by atoms with Crippen molar-refractivity contribution in [3.8, 4) is 6.07 Å². The number of hydrogen-bond acceptors (Lipinski definition) is 2. The monoisotopic (exact) mass is 273 g/mol. The van der Waals surface area contributed by atoms with Crippen molar-refractivity contribution in [2.45, 2.75) is 25.8 Å². The summed E-state index contributed by atoms with van der Waals surface area (Å²) in [7, 11) is 0. The van der Waals surface area contributed by atoms with Crippen LogP contribution in [-0.2, 0) is 19.4 Å². The van der Waals surface area contributed by atoms with E-state index in [1.165, 1.54) is 17.5 Å². The van der Waals surface area contributed by atoms with Gasteiger partial charge in [0, 0.05) is 18.9 Å². The van der Waals surface area contributed by atoms with Crippen molar-refractivity contribution in [2.75, 3.05) is 0 Å². The maximum absolute atomic E-state index is 8.90. The van der Waals surface area contributed by atoms with Gasteiger partial charge in [-0.3, -0.25) is 0 Å². The highest BCUT2D eigenvalue weighted by molar-refractivity contribution is 5.85. The average Bonchev–Trinajstić information content (AvgIpc) is 2.91. The number of aryl methyl sites for hydroxylation is 1. The smallest absolute Gasteiger partial charge is 0.0991 e. The predicted molar refractivity (Wildman–Crippen MR) is 76.1 cm³/mol. The van der Waals surface area contributed by atoms with Crippen LogP contribution in [-0.4, -0.2) is 9.55 Å². The second-order valence-corrected chi connectivity index (χ2v) is 4.96. The minimum Gasteiger partial charge on any atom is -0.337 e. The Kier molecular flexibility index (Phi) is 4.24. The van der Waals surface area contributed by atoms with E-state index in [1.54, 1.807) is 0 Å². The second-order valence-electron chi connectivity index (χ2n) is 4.96. The minimum atomic E-state index is 0. The third-order valence-electron chi connectivity index (χ3n) is 3.69. The number of nitrogens with zero attached hydrogens (tertiary/aromatic N) is 3. The Morgan fingerprint density at radius 2 is 2.26 bits per heavy atom. The number of benzene rings is 1. The van der Waals surface area contributed by atoms with Crippen molar-refractivity contribution in [1.82, 2.24) is 9.55 Å². The number of rotatable bonds is 2. The number of fused-ring (bicyclic) bond motifs is 1. The van der Waals surface area contributed by atoms with Gasteiger partial charge in [0.1, 0.15) is 0 Å². The lowest BCUT2D eigenvalue weighted by atomic mass is 9.83. The Balaban J connectivity index is 0.00000133. The molecule has 0 radical (unpaired) electrons. The van der Waals surface area contributed by atoms with Crippen LogP contribution < -0.4 is 0 Å². The summed E-state index contributed by atoms with van der Waals surface area (Å²) < 4.78 is 2.15. The van der Waals surface area contributed by atoms with Crippen molar-refractivity contribution in [1.29, 1.82) is 5.26 Å². The Labute approximate surface area is 119 Å². The molecule has 0 saturated heterocycles. The molecule has 3 nitrogen and oxygen atoms in total. The molecule has 0 saturated carbocycles. The molecular weight excluding hydrogens is 258 g/mol. The molecule has 1 aromatic heterocycles. The highest BCUT2D eigenvalue weighted by Crippen LogP contribution is 2.27. The standard InChI is InChI=1S/C15H15N3.ClH/c16-9-12-1-3-15-8-13(2-4-14(15)7-12)10-18-6-5-17-11-18;/h1,3,5-7,11,13H,2,4,8,10H2;1H. The van der Waals surface area contributed by atoms with Crippen molar-refractivity contribution >= 4 is 12.4 Å². The van der Waals surface area contributed by atoms with Crippen LogP contribution in [0.1, 0.15) is 23.1 Å². The molecule has 1 unspecified atom stereocenters. The number of aromatic nitrogens is 2. The number of hydrogen-bond donors (Lipinski definition) is 0. The number of halogens is 1. The molecule has 1 aliphatic rings. The molecule has 1 aliphatic carbocycles. The van der Waals surface area contributed by atoms with E-state index in [0.29, 0.717) is 5.92 Å². The van der Waals surface area contributed by atoms with Gasteiger partial charge in [-0.05, 0) is 48.4 Å². The van der Waals surface area contributed by atoms with Crippen LogP contribution in [0, 0.1) is 17.2 Å². The van der Waals surface area contributed by atoms with Crippen molar-refractivity contribution in [3.05, 3.63) is 53.6 Å². The molecule has 1 atom stereocenters. The van der Waals surface area contributed by atoms with Crippen LogP contribution in [0.15, 0.2) is 36.9 Å².